The Labute approximate surface area is 111 Å². The molecule has 8 nitrogen and oxygen atoms in total. The zero-order valence-electron chi connectivity index (χ0n) is 9.32. The number of nitrogens with one attached hydrogen (secondary N) is 1. The van der Waals surface area contributed by atoms with Crippen molar-refractivity contribution in [2.24, 2.45) is 0 Å². The zero-order chi connectivity index (χ0) is 14.2. The second-order valence-electron chi connectivity index (χ2n) is 3.66. The van der Waals surface area contributed by atoms with Crippen molar-refractivity contribution in [1.29, 1.82) is 0 Å². The quantitative estimate of drug-likeness (QED) is 0.698. The van der Waals surface area contributed by atoms with Gasteiger partial charge in [-0.2, -0.15) is 4.31 Å². The van der Waals surface area contributed by atoms with Gasteiger partial charge in [0, 0.05) is 0 Å². The maximum atomic E-state index is 12.2. The van der Waals surface area contributed by atoms with Gasteiger partial charge in [-0.15, -0.1) is 11.3 Å². The second-order valence-corrected chi connectivity index (χ2v) is 6.49. The third kappa shape index (κ3) is 2.50. The molecule has 1 aliphatic rings. The Morgan fingerprint density at radius 1 is 1.32 bits per heavy atom. The fourth-order valence-electron chi connectivity index (χ4n) is 1.58. The fourth-order valence-corrected chi connectivity index (χ4v) is 4.16. The molecule has 2 heterocycles. The third-order valence-corrected chi connectivity index (χ3v) is 5.23. The zero-order valence-corrected chi connectivity index (χ0v) is 11.0. The summed E-state index contributed by atoms with van der Waals surface area (Å²) in [5.74, 6) is -2.86. The number of carbonyl (C=O) groups excluding carboxylic acids is 2. The predicted molar refractivity (Wildman–Crippen MR) is 63.2 cm³/mol. The van der Waals surface area contributed by atoms with Crippen LogP contribution in [0.2, 0.25) is 0 Å². The number of rotatable bonds is 3. The van der Waals surface area contributed by atoms with Crippen molar-refractivity contribution in [3.05, 3.63) is 16.3 Å². The maximum Gasteiger partial charge on any atom is 0.347 e. The molecule has 10 heteroatoms. The first-order valence-corrected chi connectivity index (χ1v) is 7.28. The van der Waals surface area contributed by atoms with E-state index in [4.69, 9.17) is 5.11 Å². The first kappa shape index (κ1) is 13.6. The summed E-state index contributed by atoms with van der Waals surface area (Å²) in [6, 6.07) is 1.14. The molecule has 2 rings (SSSR count). The number of imide groups is 1. The number of piperazine rings is 1. The molecule has 2 N–H and O–H groups in total. The number of hydrogen-bond acceptors (Lipinski definition) is 6. The molecule has 19 heavy (non-hydrogen) atoms. The van der Waals surface area contributed by atoms with E-state index < -0.39 is 45.8 Å². The van der Waals surface area contributed by atoms with Crippen molar-refractivity contribution in [3.63, 3.8) is 0 Å². The lowest BCUT2D eigenvalue weighted by Crippen LogP contribution is -2.53. The van der Waals surface area contributed by atoms with Crippen LogP contribution in [0.3, 0.4) is 0 Å². The van der Waals surface area contributed by atoms with E-state index in [0.29, 0.717) is 4.31 Å². The highest BCUT2D eigenvalue weighted by Crippen LogP contribution is 2.25. The van der Waals surface area contributed by atoms with Crippen LogP contribution in [0.25, 0.3) is 0 Å². The molecule has 0 atom stereocenters. The van der Waals surface area contributed by atoms with Crippen molar-refractivity contribution in [3.8, 4) is 0 Å². The van der Waals surface area contributed by atoms with Crippen molar-refractivity contribution in [1.82, 2.24) is 9.62 Å². The average Bonchev–Trinajstić information content (AvgIpc) is 2.76. The van der Waals surface area contributed by atoms with E-state index in [1.807, 2.05) is 5.32 Å². The Morgan fingerprint density at radius 3 is 2.42 bits per heavy atom. The summed E-state index contributed by atoms with van der Waals surface area (Å²) in [4.78, 5) is 32.5. The molecule has 0 spiro atoms. The van der Waals surface area contributed by atoms with Crippen LogP contribution in [0.4, 0.5) is 0 Å². The number of sulfonamides is 1. The molecule has 1 fully saturated rings. The van der Waals surface area contributed by atoms with Gasteiger partial charge in [0.15, 0.2) is 0 Å². The molecule has 102 valence electrons. The lowest BCUT2D eigenvalue weighted by atomic mass is 10.4. The van der Waals surface area contributed by atoms with Crippen molar-refractivity contribution >= 4 is 39.1 Å². The van der Waals surface area contributed by atoms with Crippen molar-refractivity contribution in [2.45, 2.75) is 4.90 Å². The monoisotopic (exact) mass is 304 g/mol. The molecule has 0 saturated carbocycles. The van der Waals surface area contributed by atoms with Gasteiger partial charge in [-0.05, 0) is 11.4 Å². The minimum absolute atomic E-state index is 0.349. The Balaban J connectivity index is 2.42. The smallest absolute Gasteiger partial charge is 0.347 e. The van der Waals surface area contributed by atoms with Crippen LogP contribution in [-0.2, 0) is 19.6 Å². The molecular weight excluding hydrogens is 296 g/mol. The van der Waals surface area contributed by atoms with Crippen molar-refractivity contribution < 1.29 is 27.9 Å². The molecular formula is C9H8N2O6S2. The number of carboxylic acid groups (broad SMARTS) is 1. The van der Waals surface area contributed by atoms with E-state index in [0.717, 1.165) is 17.4 Å². The molecule has 0 radical (unpaired) electrons. The van der Waals surface area contributed by atoms with Gasteiger partial charge in [0.25, 0.3) is 0 Å². The lowest BCUT2D eigenvalue weighted by molar-refractivity contribution is -0.134. The van der Waals surface area contributed by atoms with Crippen LogP contribution in [0.5, 0.6) is 0 Å². The van der Waals surface area contributed by atoms with Gasteiger partial charge in [-0.25, -0.2) is 13.2 Å². The SMILES string of the molecule is O=C1CN(S(=O)(=O)c2ccsc2C(=O)O)CC(=O)N1. The number of carbonyl (C=O) groups is 3. The Bertz CT molecular complexity index is 646. The van der Waals surface area contributed by atoms with E-state index in [2.05, 4.69) is 0 Å². The van der Waals surface area contributed by atoms with Crippen LogP contribution in [0.15, 0.2) is 16.3 Å². The molecule has 0 aromatic carbocycles. The summed E-state index contributed by atoms with van der Waals surface area (Å²) in [5.41, 5.74) is 0. The van der Waals surface area contributed by atoms with Gasteiger partial charge in [-0.1, -0.05) is 0 Å². The fraction of sp³-hybridized carbons (Fsp3) is 0.222. The van der Waals surface area contributed by atoms with Gasteiger partial charge in [0.05, 0.1) is 13.1 Å². The van der Waals surface area contributed by atoms with Crippen molar-refractivity contribution in [2.75, 3.05) is 13.1 Å². The van der Waals surface area contributed by atoms with Crippen LogP contribution in [0, 0.1) is 0 Å². The number of nitrogens with zero attached hydrogens (tertiary/aromatic N) is 1. The van der Waals surface area contributed by atoms with Crippen LogP contribution in [-0.4, -0.2) is 48.7 Å². The first-order valence-electron chi connectivity index (χ1n) is 4.96. The first-order chi connectivity index (χ1) is 8.82. The molecule has 1 saturated heterocycles. The van der Waals surface area contributed by atoms with Gasteiger partial charge in [-0.3, -0.25) is 14.9 Å². The minimum atomic E-state index is -4.18. The number of carboxylic acids is 1. The Hall–Kier alpha value is -1.78. The average molecular weight is 304 g/mol. The molecule has 0 bridgehead atoms. The topological polar surface area (TPSA) is 121 Å². The summed E-state index contributed by atoms with van der Waals surface area (Å²) in [5, 5.41) is 12.2. The predicted octanol–water partition coefficient (Wildman–Crippen LogP) is -0.907. The van der Waals surface area contributed by atoms with Gasteiger partial charge >= 0.3 is 5.97 Å². The molecule has 2 amide bonds. The molecule has 0 aliphatic carbocycles. The van der Waals surface area contributed by atoms with E-state index in [1.54, 1.807) is 0 Å². The van der Waals surface area contributed by atoms with Gasteiger partial charge in [0.1, 0.15) is 9.77 Å². The van der Waals surface area contributed by atoms with E-state index in [1.165, 1.54) is 5.38 Å². The number of amides is 2. The summed E-state index contributed by atoms with van der Waals surface area (Å²) in [6.07, 6.45) is 0. The molecule has 0 unspecified atom stereocenters. The van der Waals surface area contributed by atoms with E-state index >= 15 is 0 Å². The van der Waals surface area contributed by atoms with Gasteiger partial charge < -0.3 is 5.11 Å². The van der Waals surface area contributed by atoms with Gasteiger partial charge in [0.2, 0.25) is 21.8 Å². The van der Waals surface area contributed by atoms with Crippen LogP contribution < -0.4 is 5.32 Å². The third-order valence-electron chi connectivity index (χ3n) is 2.36. The van der Waals surface area contributed by atoms with E-state index in [9.17, 15) is 22.8 Å². The lowest BCUT2D eigenvalue weighted by Gasteiger charge is -2.24. The molecule has 1 aromatic heterocycles. The maximum absolute atomic E-state index is 12.2. The summed E-state index contributed by atoms with van der Waals surface area (Å²) < 4.78 is 25.1. The molecule has 1 aromatic rings. The summed E-state index contributed by atoms with van der Waals surface area (Å²) in [7, 11) is -4.18. The van der Waals surface area contributed by atoms with Crippen LogP contribution >= 0.6 is 11.3 Å². The second kappa shape index (κ2) is 4.72. The Kier molecular flexibility index (Phi) is 3.39. The van der Waals surface area contributed by atoms with E-state index in [-0.39, 0.29) is 4.88 Å². The highest BCUT2D eigenvalue weighted by atomic mass is 32.2. The highest BCUT2D eigenvalue weighted by molar-refractivity contribution is 7.89. The number of aromatic carboxylic acids is 1. The highest BCUT2D eigenvalue weighted by Gasteiger charge is 2.35. The number of thiophene rings is 1. The minimum Gasteiger partial charge on any atom is -0.477 e. The summed E-state index contributed by atoms with van der Waals surface area (Å²) >= 11 is 0.759. The molecule has 1 aliphatic heterocycles. The Morgan fingerprint density at radius 2 is 1.89 bits per heavy atom. The largest absolute Gasteiger partial charge is 0.477 e. The standard InChI is InChI=1S/C9H8N2O6S2/c12-6-3-11(4-7(13)10-6)19(16,17)5-1-2-18-8(5)9(14)15/h1-2H,3-4H2,(H,14,15)(H,10,12,13). The summed E-state index contributed by atoms with van der Waals surface area (Å²) in [6.45, 7) is -1.02. The number of hydrogen-bond donors (Lipinski definition) is 2. The normalized spacial score (nSPS) is 17.3. The van der Waals surface area contributed by atoms with Crippen LogP contribution in [0.1, 0.15) is 9.67 Å².